The molecule has 0 aliphatic carbocycles. The zero-order valence-corrected chi connectivity index (χ0v) is 11.8. The zero-order chi connectivity index (χ0) is 13.5. The molecular formula is C15H23N3O. The predicted molar refractivity (Wildman–Crippen MR) is 76.1 cm³/mol. The van der Waals surface area contributed by atoms with Crippen molar-refractivity contribution in [3.8, 4) is 0 Å². The first-order valence-electron chi connectivity index (χ1n) is 7.09. The number of nitrogens with one attached hydrogen (secondary N) is 1. The molecule has 0 aromatic carbocycles. The molecule has 2 rings (SSSR count). The molecule has 2 aromatic rings. The lowest BCUT2D eigenvalue weighted by Crippen LogP contribution is -2.31. The first-order chi connectivity index (χ1) is 9.31. The molecule has 0 bridgehead atoms. The summed E-state index contributed by atoms with van der Waals surface area (Å²) in [5.74, 6) is 1.06. The third-order valence-electron chi connectivity index (χ3n) is 3.30. The van der Waals surface area contributed by atoms with Gasteiger partial charge in [0.05, 0.1) is 12.5 Å². The molecule has 0 saturated carbocycles. The van der Waals surface area contributed by atoms with Crippen LogP contribution >= 0.6 is 0 Å². The Bertz CT molecular complexity index is 461. The Morgan fingerprint density at radius 2 is 2.32 bits per heavy atom. The first kappa shape index (κ1) is 13.9. The van der Waals surface area contributed by atoms with Crippen LogP contribution in [0.15, 0.2) is 35.2 Å². The SMILES string of the molecule is CCNC(CCc1ccco1)Cc1cnn(CC)c1. The van der Waals surface area contributed by atoms with Gasteiger partial charge in [0.15, 0.2) is 0 Å². The lowest BCUT2D eigenvalue weighted by Gasteiger charge is -2.16. The standard InChI is InChI=1S/C15H23N3O/c1-3-16-14(7-8-15-6-5-9-19-15)10-13-11-17-18(4-2)12-13/h5-6,9,11-12,14,16H,3-4,7-8,10H2,1-2H3. The van der Waals surface area contributed by atoms with Crippen molar-refractivity contribution in [3.63, 3.8) is 0 Å². The maximum Gasteiger partial charge on any atom is 0.103 e. The number of hydrogen-bond acceptors (Lipinski definition) is 3. The molecule has 0 aliphatic heterocycles. The Kier molecular flexibility index (Phi) is 5.21. The smallest absolute Gasteiger partial charge is 0.103 e. The number of hydrogen-bond donors (Lipinski definition) is 1. The van der Waals surface area contributed by atoms with E-state index < -0.39 is 0 Å². The van der Waals surface area contributed by atoms with Gasteiger partial charge < -0.3 is 9.73 Å². The Morgan fingerprint density at radius 3 is 2.95 bits per heavy atom. The molecule has 104 valence electrons. The molecule has 4 heteroatoms. The fourth-order valence-electron chi connectivity index (χ4n) is 2.31. The molecule has 2 heterocycles. The Balaban J connectivity index is 1.87. The Labute approximate surface area is 114 Å². The minimum absolute atomic E-state index is 0.476. The van der Waals surface area contributed by atoms with Crippen LogP contribution in [0.1, 0.15) is 31.6 Å². The summed E-state index contributed by atoms with van der Waals surface area (Å²) in [6, 6.07) is 4.46. The lowest BCUT2D eigenvalue weighted by atomic mass is 10.0. The molecule has 1 N–H and O–H groups in total. The number of aryl methyl sites for hydroxylation is 2. The van der Waals surface area contributed by atoms with E-state index >= 15 is 0 Å². The molecule has 0 spiro atoms. The first-order valence-corrected chi connectivity index (χ1v) is 7.09. The van der Waals surface area contributed by atoms with Crippen LogP contribution in [0, 0.1) is 0 Å². The predicted octanol–water partition coefficient (Wildman–Crippen LogP) is 2.65. The Hall–Kier alpha value is -1.55. The highest BCUT2D eigenvalue weighted by Crippen LogP contribution is 2.10. The van der Waals surface area contributed by atoms with E-state index in [9.17, 15) is 0 Å². The summed E-state index contributed by atoms with van der Waals surface area (Å²) in [6.07, 6.45) is 8.93. The van der Waals surface area contributed by atoms with Crippen molar-refractivity contribution in [2.24, 2.45) is 0 Å². The summed E-state index contributed by atoms with van der Waals surface area (Å²) in [5.41, 5.74) is 1.30. The highest BCUT2D eigenvalue weighted by atomic mass is 16.3. The van der Waals surface area contributed by atoms with E-state index in [-0.39, 0.29) is 0 Å². The minimum atomic E-state index is 0.476. The normalized spacial score (nSPS) is 12.7. The summed E-state index contributed by atoms with van der Waals surface area (Å²) in [7, 11) is 0. The average Bonchev–Trinajstić information content (AvgIpc) is 3.07. The number of nitrogens with zero attached hydrogens (tertiary/aromatic N) is 2. The fraction of sp³-hybridized carbons (Fsp3) is 0.533. The minimum Gasteiger partial charge on any atom is -0.469 e. The molecule has 0 radical (unpaired) electrons. The molecule has 2 aromatic heterocycles. The van der Waals surface area contributed by atoms with Crippen LogP contribution in [-0.2, 0) is 19.4 Å². The molecule has 0 amide bonds. The highest BCUT2D eigenvalue weighted by molar-refractivity contribution is 5.07. The number of rotatable bonds is 8. The Morgan fingerprint density at radius 1 is 1.42 bits per heavy atom. The monoisotopic (exact) mass is 261 g/mol. The summed E-state index contributed by atoms with van der Waals surface area (Å²) in [4.78, 5) is 0. The molecule has 0 aliphatic rings. The maximum absolute atomic E-state index is 5.39. The van der Waals surface area contributed by atoms with E-state index in [2.05, 4.69) is 30.5 Å². The highest BCUT2D eigenvalue weighted by Gasteiger charge is 2.11. The summed E-state index contributed by atoms with van der Waals surface area (Å²) < 4.78 is 7.37. The van der Waals surface area contributed by atoms with Crippen LogP contribution in [-0.4, -0.2) is 22.4 Å². The van der Waals surface area contributed by atoms with E-state index in [1.54, 1.807) is 6.26 Å². The number of likely N-dealkylation sites (N-methyl/N-ethyl adjacent to an activating group) is 1. The summed E-state index contributed by atoms with van der Waals surface area (Å²) in [5, 5.41) is 7.87. The van der Waals surface area contributed by atoms with Gasteiger partial charge in [-0.1, -0.05) is 6.92 Å². The molecule has 0 saturated heterocycles. The van der Waals surface area contributed by atoms with Gasteiger partial charge in [-0.2, -0.15) is 5.10 Å². The van der Waals surface area contributed by atoms with Gasteiger partial charge in [0, 0.05) is 25.2 Å². The van der Waals surface area contributed by atoms with Crippen molar-refractivity contribution < 1.29 is 4.42 Å². The van der Waals surface area contributed by atoms with Crippen LogP contribution in [0.5, 0.6) is 0 Å². The third-order valence-corrected chi connectivity index (χ3v) is 3.30. The van der Waals surface area contributed by atoms with Gasteiger partial charge in [-0.05, 0) is 44.0 Å². The van der Waals surface area contributed by atoms with Crippen LogP contribution in [0.4, 0.5) is 0 Å². The molecule has 1 unspecified atom stereocenters. The van der Waals surface area contributed by atoms with E-state index in [1.165, 1.54) is 5.56 Å². The largest absolute Gasteiger partial charge is 0.469 e. The van der Waals surface area contributed by atoms with Gasteiger partial charge in [-0.15, -0.1) is 0 Å². The number of furan rings is 1. The molecule has 1 atom stereocenters. The van der Waals surface area contributed by atoms with E-state index in [0.29, 0.717) is 6.04 Å². The molecule has 4 nitrogen and oxygen atoms in total. The van der Waals surface area contributed by atoms with Gasteiger partial charge in [-0.3, -0.25) is 4.68 Å². The van der Waals surface area contributed by atoms with Crippen LogP contribution in [0.2, 0.25) is 0 Å². The van der Waals surface area contributed by atoms with Gasteiger partial charge in [-0.25, -0.2) is 0 Å². The summed E-state index contributed by atoms with van der Waals surface area (Å²) in [6.45, 7) is 6.17. The quantitative estimate of drug-likeness (QED) is 0.794. The second kappa shape index (κ2) is 7.14. The van der Waals surface area contributed by atoms with E-state index in [4.69, 9.17) is 4.42 Å². The molecule has 0 fully saturated rings. The van der Waals surface area contributed by atoms with Crippen LogP contribution in [0.3, 0.4) is 0 Å². The van der Waals surface area contributed by atoms with Crippen molar-refractivity contribution in [2.75, 3.05) is 6.54 Å². The second-order valence-electron chi connectivity index (χ2n) is 4.78. The van der Waals surface area contributed by atoms with Gasteiger partial charge >= 0.3 is 0 Å². The van der Waals surface area contributed by atoms with Gasteiger partial charge in [0.2, 0.25) is 0 Å². The van der Waals surface area contributed by atoms with Gasteiger partial charge in [0.25, 0.3) is 0 Å². The van der Waals surface area contributed by atoms with Crippen molar-refractivity contribution in [1.82, 2.24) is 15.1 Å². The fourth-order valence-corrected chi connectivity index (χ4v) is 2.31. The van der Waals surface area contributed by atoms with Crippen LogP contribution < -0.4 is 5.32 Å². The average molecular weight is 261 g/mol. The van der Waals surface area contributed by atoms with Crippen molar-refractivity contribution >= 4 is 0 Å². The lowest BCUT2D eigenvalue weighted by molar-refractivity contribution is 0.447. The molecule has 19 heavy (non-hydrogen) atoms. The third kappa shape index (κ3) is 4.24. The van der Waals surface area contributed by atoms with E-state index in [1.807, 2.05) is 23.0 Å². The second-order valence-corrected chi connectivity index (χ2v) is 4.78. The van der Waals surface area contributed by atoms with E-state index in [0.717, 1.165) is 38.1 Å². The topological polar surface area (TPSA) is 43.0 Å². The number of aromatic nitrogens is 2. The molecular weight excluding hydrogens is 238 g/mol. The van der Waals surface area contributed by atoms with Crippen molar-refractivity contribution in [2.45, 2.75) is 45.7 Å². The van der Waals surface area contributed by atoms with Crippen molar-refractivity contribution in [1.29, 1.82) is 0 Å². The van der Waals surface area contributed by atoms with Crippen LogP contribution in [0.25, 0.3) is 0 Å². The van der Waals surface area contributed by atoms with Gasteiger partial charge in [0.1, 0.15) is 5.76 Å². The maximum atomic E-state index is 5.39. The summed E-state index contributed by atoms with van der Waals surface area (Å²) >= 11 is 0. The zero-order valence-electron chi connectivity index (χ0n) is 11.8. The van der Waals surface area contributed by atoms with Crippen molar-refractivity contribution in [3.05, 3.63) is 42.1 Å².